The Kier molecular flexibility index (Phi) is 7.65. The number of nitrogens with one attached hydrogen (secondary N) is 2. The topological polar surface area (TPSA) is 87.7 Å². The van der Waals surface area contributed by atoms with E-state index in [0.717, 1.165) is 5.56 Å². The molecule has 1 atom stereocenters. The van der Waals surface area contributed by atoms with Gasteiger partial charge >= 0.3 is 0 Å². The van der Waals surface area contributed by atoms with Crippen LogP contribution in [0.25, 0.3) is 0 Å². The van der Waals surface area contributed by atoms with Gasteiger partial charge < -0.3 is 20.3 Å². The van der Waals surface area contributed by atoms with Crippen molar-refractivity contribution in [1.29, 1.82) is 0 Å². The SMILES string of the molecule is COc1cccc(C(=O)N2CCC(NC(=O)[C@H](Cc3ccccc3)NC(C)=O)CC2)c1. The number of carbonyl (C=O) groups excluding carboxylic acids is 3. The zero-order valence-electron chi connectivity index (χ0n) is 18.0. The summed E-state index contributed by atoms with van der Waals surface area (Å²) in [7, 11) is 1.57. The van der Waals surface area contributed by atoms with Crippen molar-refractivity contribution in [2.45, 2.75) is 38.3 Å². The van der Waals surface area contributed by atoms with Crippen molar-refractivity contribution in [3.05, 3.63) is 65.7 Å². The first-order valence-electron chi connectivity index (χ1n) is 10.5. The second kappa shape index (κ2) is 10.6. The van der Waals surface area contributed by atoms with E-state index >= 15 is 0 Å². The molecule has 0 bridgehead atoms. The summed E-state index contributed by atoms with van der Waals surface area (Å²) in [6.07, 6.45) is 1.76. The minimum absolute atomic E-state index is 0.0334. The summed E-state index contributed by atoms with van der Waals surface area (Å²) in [5.74, 6) is 0.172. The van der Waals surface area contributed by atoms with Gasteiger partial charge in [-0.3, -0.25) is 14.4 Å². The Morgan fingerprint density at radius 2 is 1.77 bits per heavy atom. The molecule has 0 spiro atoms. The van der Waals surface area contributed by atoms with Crippen molar-refractivity contribution >= 4 is 17.7 Å². The van der Waals surface area contributed by atoms with Crippen molar-refractivity contribution in [1.82, 2.24) is 15.5 Å². The first kappa shape index (κ1) is 22.3. The fourth-order valence-corrected chi connectivity index (χ4v) is 3.77. The molecule has 0 aromatic heterocycles. The maximum Gasteiger partial charge on any atom is 0.253 e. The number of piperidine rings is 1. The zero-order valence-corrected chi connectivity index (χ0v) is 18.0. The number of nitrogens with zero attached hydrogens (tertiary/aromatic N) is 1. The monoisotopic (exact) mass is 423 g/mol. The van der Waals surface area contributed by atoms with Gasteiger partial charge in [-0.1, -0.05) is 36.4 Å². The summed E-state index contributed by atoms with van der Waals surface area (Å²) < 4.78 is 5.20. The quantitative estimate of drug-likeness (QED) is 0.715. The minimum atomic E-state index is -0.628. The van der Waals surface area contributed by atoms with Crippen molar-refractivity contribution in [3.8, 4) is 5.75 Å². The van der Waals surface area contributed by atoms with Crippen LogP contribution in [0.1, 0.15) is 35.7 Å². The second-order valence-corrected chi connectivity index (χ2v) is 7.75. The molecule has 3 amide bonds. The highest BCUT2D eigenvalue weighted by molar-refractivity contribution is 5.94. The van der Waals surface area contributed by atoms with Crippen LogP contribution in [0, 0.1) is 0 Å². The third-order valence-corrected chi connectivity index (χ3v) is 5.42. The first-order chi connectivity index (χ1) is 15.0. The Bertz CT molecular complexity index is 908. The van der Waals surface area contributed by atoms with Crippen LogP contribution in [0.2, 0.25) is 0 Å². The lowest BCUT2D eigenvalue weighted by atomic mass is 10.0. The number of likely N-dealkylation sites (tertiary alicyclic amines) is 1. The molecule has 2 aromatic rings. The highest BCUT2D eigenvalue weighted by atomic mass is 16.5. The number of carbonyl (C=O) groups is 3. The van der Waals surface area contributed by atoms with E-state index in [4.69, 9.17) is 4.74 Å². The Morgan fingerprint density at radius 1 is 1.06 bits per heavy atom. The number of amides is 3. The van der Waals surface area contributed by atoms with E-state index in [2.05, 4.69) is 10.6 Å². The predicted octanol–water partition coefficient (Wildman–Crippen LogP) is 2.16. The van der Waals surface area contributed by atoms with Gasteiger partial charge in [0.25, 0.3) is 5.91 Å². The van der Waals surface area contributed by atoms with Gasteiger partial charge in [0.05, 0.1) is 7.11 Å². The molecule has 3 rings (SSSR count). The van der Waals surface area contributed by atoms with E-state index in [1.807, 2.05) is 30.3 Å². The average Bonchev–Trinajstić information content (AvgIpc) is 2.79. The van der Waals surface area contributed by atoms with E-state index < -0.39 is 6.04 Å². The lowest BCUT2D eigenvalue weighted by Gasteiger charge is -2.33. The molecule has 164 valence electrons. The molecule has 0 unspecified atom stereocenters. The molecule has 7 heteroatoms. The Hall–Kier alpha value is -3.35. The molecule has 1 saturated heterocycles. The van der Waals surface area contributed by atoms with Gasteiger partial charge in [-0.15, -0.1) is 0 Å². The maximum atomic E-state index is 12.8. The van der Waals surface area contributed by atoms with Crippen molar-refractivity contribution in [2.75, 3.05) is 20.2 Å². The number of benzene rings is 2. The molecule has 1 aliphatic rings. The van der Waals surface area contributed by atoms with Crippen LogP contribution >= 0.6 is 0 Å². The number of hydrogen-bond donors (Lipinski definition) is 2. The molecule has 1 aliphatic heterocycles. The van der Waals surface area contributed by atoms with Gasteiger partial charge in [-0.25, -0.2) is 0 Å². The largest absolute Gasteiger partial charge is 0.497 e. The second-order valence-electron chi connectivity index (χ2n) is 7.75. The van der Waals surface area contributed by atoms with Crippen LogP contribution in [-0.4, -0.2) is 54.9 Å². The fourth-order valence-electron chi connectivity index (χ4n) is 3.77. The Labute approximate surface area is 182 Å². The molecule has 1 fully saturated rings. The molecule has 0 aliphatic carbocycles. The number of ether oxygens (including phenoxy) is 1. The minimum Gasteiger partial charge on any atom is -0.497 e. The van der Waals surface area contributed by atoms with E-state index in [-0.39, 0.29) is 23.8 Å². The summed E-state index contributed by atoms with van der Waals surface area (Å²) in [6.45, 7) is 2.53. The maximum absolute atomic E-state index is 12.8. The number of methoxy groups -OCH3 is 1. The molecular weight excluding hydrogens is 394 g/mol. The van der Waals surface area contributed by atoms with Crippen LogP contribution in [0.15, 0.2) is 54.6 Å². The van der Waals surface area contributed by atoms with E-state index in [1.165, 1.54) is 6.92 Å². The lowest BCUT2D eigenvalue weighted by Crippen LogP contribution is -2.53. The van der Waals surface area contributed by atoms with Gasteiger partial charge in [0, 0.05) is 38.0 Å². The molecule has 1 heterocycles. The number of rotatable bonds is 7. The molecule has 7 nitrogen and oxygen atoms in total. The van der Waals surface area contributed by atoms with Crippen LogP contribution in [-0.2, 0) is 16.0 Å². The van der Waals surface area contributed by atoms with Crippen LogP contribution in [0.3, 0.4) is 0 Å². The van der Waals surface area contributed by atoms with E-state index in [1.54, 1.807) is 36.3 Å². The highest BCUT2D eigenvalue weighted by Crippen LogP contribution is 2.18. The summed E-state index contributed by atoms with van der Waals surface area (Å²) in [4.78, 5) is 39.0. The normalized spacial score (nSPS) is 15.1. The van der Waals surface area contributed by atoms with Crippen LogP contribution in [0.4, 0.5) is 0 Å². The van der Waals surface area contributed by atoms with E-state index in [9.17, 15) is 14.4 Å². The molecule has 0 saturated carbocycles. The van der Waals surface area contributed by atoms with Crippen molar-refractivity contribution < 1.29 is 19.1 Å². The summed E-state index contributed by atoms with van der Waals surface area (Å²) >= 11 is 0. The third-order valence-electron chi connectivity index (χ3n) is 5.42. The first-order valence-corrected chi connectivity index (χ1v) is 10.5. The number of hydrogen-bond acceptors (Lipinski definition) is 4. The van der Waals surface area contributed by atoms with Crippen molar-refractivity contribution in [3.63, 3.8) is 0 Å². The Morgan fingerprint density at radius 3 is 2.42 bits per heavy atom. The highest BCUT2D eigenvalue weighted by Gasteiger charge is 2.27. The summed E-state index contributed by atoms with van der Waals surface area (Å²) in [5, 5.41) is 5.80. The average molecular weight is 424 g/mol. The molecule has 2 aromatic carbocycles. The molecule has 2 N–H and O–H groups in total. The lowest BCUT2D eigenvalue weighted by molar-refractivity contribution is -0.128. The van der Waals surface area contributed by atoms with Gasteiger partial charge in [0.1, 0.15) is 11.8 Å². The fraction of sp³-hybridized carbons (Fsp3) is 0.375. The van der Waals surface area contributed by atoms with Gasteiger partial charge in [0.15, 0.2) is 0 Å². The van der Waals surface area contributed by atoms with Crippen molar-refractivity contribution in [2.24, 2.45) is 0 Å². The van der Waals surface area contributed by atoms with E-state index in [0.29, 0.717) is 43.7 Å². The third kappa shape index (κ3) is 6.31. The Balaban J connectivity index is 1.55. The summed E-state index contributed by atoms with van der Waals surface area (Å²) in [6, 6.07) is 16.1. The predicted molar refractivity (Wildman–Crippen MR) is 118 cm³/mol. The molecule has 0 radical (unpaired) electrons. The van der Waals surface area contributed by atoms with Gasteiger partial charge in [-0.2, -0.15) is 0 Å². The smallest absolute Gasteiger partial charge is 0.253 e. The molecule has 31 heavy (non-hydrogen) atoms. The molecular formula is C24H29N3O4. The summed E-state index contributed by atoms with van der Waals surface area (Å²) in [5.41, 5.74) is 1.57. The van der Waals surface area contributed by atoms with Crippen LogP contribution in [0.5, 0.6) is 5.75 Å². The zero-order chi connectivity index (χ0) is 22.2. The van der Waals surface area contributed by atoms with Gasteiger partial charge in [0.2, 0.25) is 11.8 Å². The standard InChI is InChI=1S/C24H29N3O4/c1-17(28)25-22(15-18-7-4-3-5-8-18)23(29)26-20-11-13-27(14-12-20)24(30)19-9-6-10-21(16-19)31-2/h3-10,16,20,22H,11-15H2,1-2H3,(H,25,28)(H,26,29)/t22-/m0/s1. The van der Waals surface area contributed by atoms with Crippen LogP contribution < -0.4 is 15.4 Å². The van der Waals surface area contributed by atoms with Gasteiger partial charge in [-0.05, 0) is 36.6 Å².